The molecule has 2 fully saturated rings. The van der Waals surface area contributed by atoms with E-state index in [2.05, 4.69) is 10.3 Å². The molecule has 0 unspecified atom stereocenters. The number of pyridine rings is 1. The molecule has 0 atom stereocenters. The van der Waals surface area contributed by atoms with Crippen LogP contribution in [0.2, 0.25) is 0 Å². The number of rotatable bonds is 7. The molecule has 1 N–H and O–H groups in total. The summed E-state index contributed by atoms with van der Waals surface area (Å²) in [5.41, 5.74) is 0.908. The van der Waals surface area contributed by atoms with E-state index >= 15 is 0 Å². The molecule has 2 saturated heterocycles. The van der Waals surface area contributed by atoms with E-state index in [1.807, 2.05) is 6.07 Å². The lowest BCUT2D eigenvalue weighted by molar-refractivity contribution is -0.239. The number of halogens is 2. The Hall–Kier alpha value is -2.80. The minimum Gasteiger partial charge on any atom is -0.497 e. The molecule has 1 aromatic carbocycles. The fourth-order valence-corrected chi connectivity index (χ4v) is 3.72. The molecule has 2 aliphatic rings. The van der Waals surface area contributed by atoms with E-state index < -0.39 is 11.6 Å². The lowest BCUT2D eigenvalue weighted by atomic mass is 9.83. The summed E-state index contributed by atoms with van der Waals surface area (Å²) >= 11 is 0. The Morgan fingerprint density at radius 2 is 1.97 bits per heavy atom. The average Bonchev–Trinajstić information content (AvgIpc) is 2.77. The fourth-order valence-electron chi connectivity index (χ4n) is 3.72. The number of aromatic nitrogens is 1. The summed E-state index contributed by atoms with van der Waals surface area (Å²) in [5.74, 6) is -1.25. The molecule has 7 nitrogen and oxygen atoms in total. The molecule has 0 amide bonds. The molecule has 0 radical (unpaired) electrons. The van der Waals surface area contributed by atoms with Gasteiger partial charge in [0.1, 0.15) is 29.1 Å². The number of nitrogens with zero attached hydrogens (tertiary/aromatic N) is 3. The van der Waals surface area contributed by atoms with Crippen molar-refractivity contribution in [2.45, 2.75) is 19.3 Å². The molecule has 2 aliphatic heterocycles. The van der Waals surface area contributed by atoms with Gasteiger partial charge < -0.3 is 24.4 Å². The second-order valence-electron chi connectivity index (χ2n) is 7.95. The van der Waals surface area contributed by atoms with Crippen LogP contribution in [0.15, 0.2) is 30.5 Å². The van der Waals surface area contributed by atoms with E-state index in [-0.39, 0.29) is 35.3 Å². The molecule has 4 rings (SSSR count). The van der Waals surface area contributed by atoms with Crippen molar-refractivity contribution in [3.05, 3.63) is 53.4 Å². The summed E-state index contributed by atoms with van der Waals surface area (Å²) in [6.07, 6.45) is 1.66. The van der Waals surface area contributed by atoms with Crippen LogP contribution in [-0.4, -0.2) is 51.2 Å². The number of anilines is 1. The van der Waals surface area contributed by atoms with Crippen LogP contribution < -0.4 is 15.0 Å². The summed E-state index contributed by atoms with van der Waals surface area (Å²) in [4.78, 5) is 5.88. The van der Waals surface area contributed by atoms with E-state index in [1.165, 1.54) is 13.3 Å². The van der Waals surface area contributed by atoms with Crippen LogP contribution in [-0.2, 0) is 16.0 Å². The molecular formula is C22H24F2N4O3. The molecule has 3 heterocycles. The largest absolute Gasteiger partial charge is 0.497 e. The molecule has 2 aromatic rings. The number of nitrogens with one attached hydrogen (secondary N) is 1. The minimum atomic E-state index is -0.687. The van der Waals surface area contributed by atoms with Gasteiger partial charge in [-0.15, -0.1) is 0 Å². The molecule has 0 aliphatic carbocycles. The quantitative estimate of drug-likeness (QED) is 0.723. The number of nitriles is 1. The van der Waals surface area contributed by atoms with Crippen molar-refractivity contribution in [2.75, 3.05) is 44.9 Å². The SMILES string of the molecule is COc1cc(F)c(CN(CCC2OCC3(CNC3)CO2)c2ccc(C#N)nc2)c(F)c1. The molecule has 1 aromatic heterocycles. The van der Waals surface area contributed by atoms with E-state index in [0.717, 1.165) is 25.2 Å². The second-order valence-corrected chi connectivity index (χ2v) is 7.95. The van der Waals surface area contributed by atoms with Crippen LogP contribution in [0, 0.1) is 28.4 Å². The van der Waals surface area contributed by atoms with Gasteiger partial charge in [0.25, 0.3) is 0 Å². The van der Waals surface area contributed by atoms with Gasteiger partial charge in [0.2, 0.25) is 0 Å². The van der Waals surface area contributed by atoms with Gasteiger partial charge in [0.15, 0.2) is 6.29 Å². The number of methoxy groups -OCH3 is 1. The van der Waals surface area contributed by atoms with Crippen LogP contribution in [0.4, 0.5) is 14.5 Å². The molecule has 1 spiro atoms. The number of hydrogen-bond acceptors (Lipinski definition) is 7. The molecule has 0 bridgehead atoms. The zero-order valence-corrected chi connectivity index (χ0v) is 17.2. The van der Waals surface area contributed by atoms with E-state index in [4.69, 9.17) is 19.5 Å². The van der Waals surface area contributed by atoms with Crippen LogP contribution in [0.25, 0.3) is 0 Å². The van der Waals surface area contributed by atoms with Crippen molar-refractivity contribution in [1.82, 2.24) is 10.3 Å². The van der Waals surface area contributed by atoms with Crippen molar-refractivity contribution in [3.8, 4) is 11.8 Å². The smallest absolute Gasteiger partial charge is 0.159 e. The first-order chi connectivity index (χ1) is 15.0. The molecular weight excluding hydrogens is 406 g/mol. The number of benzene rings is 1. The molecule has 164 valence electrons. The Labute approximate surface area is 179 Å². The van der Waals surface area contributed by atoms with Crippen molar-refractivity contribution in [2.24, 2.45) is 5.41 Å². The third-order valence-corrected chi connectivity index (χ3v) is 5.71. The fraction of sp³-hybridized carbons (Fsp3) is 0.455. The lowest BCUT2D eigenvalue weighted by Gasteiger charge is -2.46. The van der Waals surface area contributed by atoms with Crippen molar-refractivity contribution >= 4 is 5.69 Å². The maximum atomic E-state index is 14.6. The lowest BCUT2D eigenvalue weighted by Crippen LogP contribution is -2.61. The highest BCUT2D eigenvalue weighted by Gasteiger charge is 2.42. The van der Waals surface area contributed by atoms with Crippen molar-refractivity contribution in [3.63, 3.8) is 0 Å². The van der Waals surface area contributed by atoms with Gasteiger partial charge in [0, 0.05) is 55.7 Å². The van der Waals surface area contributed by atoms with Crippen LogP contribution in [0.1, 0.15) is 17.7 Å². The normalized spacial score (nSPS) is 17.7. The first kappa shape index (κ1) is 21.4. The number of ether oxygens (including phenoxy) is 3. The monoisotopic (exact) mass is 430 g/mol. The highest BCUT2D eigenvalue weighted by molar-refractivity contribution is 5.47. The predicted octanol–water partition coefficient (Wildman–Crippen LogP) is 2.60. The maximum Gasteiger partial charge on any atom is 0.159 e. The summed E-state index contributed by atoms with van der Waals surface area (Å²) in [6.45, 7) is 3.44. The summed E-state index contributed by atoms with van der Waals surface area (Å²) in [5, 5.41) is 12.2. The first-order valence-electron chi connectivity index (χ1n) is 10.1. The average molecular weight is 430 g/mol. The Kier molecular flexibility index (Phi) is 6.32. The van der Waals surface area contributed by atoms with Gasteiger partial charge in [-0.2, -0.15) is 5.26 Å². The Morgan fingerprint density at radius 1 is 1.26 bits per heavy atom. The Balaban J connectivity index is 1.48. The van der Waals surface area contributed by atoms with E-state index in [0.29, 0.717) is 31.9 Å². The molecule has 0 saturated carbocycles. The summed E-state index contributed by atoms with van der Waals surface area (Å²) in [6, 6.07) is 7.57. The standard InChI is InChI=1S/C22H24F2N4O3/c1-29-17-6-19(23)18(20(24)7-17)10-28(16-3-2-15(8-25)27-9-16)5-4-21-30-13-22(14-31-21)11-26-12-22/h2-3,6-7,9,21,26H,4-5,10-14H2,1H3. The van der Waals surface area contributed by atoms with Gasteiger partial charge in [-0.1, -0.05) is 0 Å². The summed E-state index contributed by atoms with van der Waals surface area (Å²) < 4.78 is 45.8. The van der Waals surface area contributed by atoms with Crippen LogP contribution in [0.3, 0.4) is 0 Å². The molecule has 31 heavy (non-hydrogen) atoms. The predicted molar refractivity (Wildman–Crippen MR) is 109 cm³/mol. The third kappa shape index (κ3) is 4.77. The van der Waals surface area contributed by atoms with E-state index in [9.17, 15) is 8.78 Å². The van der Waals surface area contributed by atoms with Gasteiger partial charge in [-0.05, 0) is 12.1 Å². The number of hydrogen-bond donors (Lipinski definition) is 1. The summed E-state index contributed by atoms with van der Waals surface area (Å²) in [7, 11) is 1.36. The minimum absolute atomic E-state index is 0.0180. The van der Waals surface area contributed by atoms with Gasteiger partial charge >= 0.3 is 0 Å². The zero-order valence-electron chi connectivity index (χ0n) is 17.2. The van der Waals surface area contributed by atoms with Crippen LogP contribution in [0.5, 0.6) is 5.75 Å². The highest BCUT2D eigenvalue weighted by Crippen LogP contribution is 2.30. The third-order valence-electron chi connectivity index (χ3n) is 5.71. The molecule has 9 heteroatoms. The maximum absolute atomic E-state index is 14.6. The zero-order chi connectivity index (χ0) is 21.8. The second kappa shape index (κ2) is 9.14. The van der Waals surface area contributed by atoms with Gasteiger partial charge in [-0.3, -0.25) is 0 Å². The van der Waals surface area contributed by atoms with Crippen molar-refractivity contribution < 1.29 is 23.0 Å². The topological polar surface area (TPSA) is 79.6 Å². The van der Waals surface area contributed by atoms with Crippen LogP contribution >= 0.6 is 0 Å². The van der Waals surface area contributed by atoms with Gasteiger partial charge in [-0.25, -0.2) is 13.8 Å². The Morgan fingerprint density at radius 3 is 2.48 bits per heavy atom. The van der Waals surface area contributed by atoms with Gasteiger partial charge in [0.05, 0.1) is 32.2 Å². The van der Waals surface area contributed by atoms with Crippen molar-refractivity contribution in [1.29, 1.82) is 5.26 Å². The Bertz CT molecular complexity index is 927. The van der Waals surface area contributed by atoms with E-state index in [1.54, 1.807) is 17.0 Å². The first-order valence-corrected chi connectivity index (χ1v) is 10.1. The highest BCUT2D eigenvalue weighted by atomic mass is 19.1.